The van der Waals surface area contributed by atoms with Crippen molar-refractivity contribution < 1.29 is 14.1 Å². The summed E-state index contributed by atoms with van der Waals surface area (Å²) in [4.78, 5) is 35.3. The van der Waals surface area contributed by atoms with E-state index < -0.39 is 0 Å². The Bertz CT molecular complexity index is 1090. The van der Waals surface area contributed by atoms with Crippen LogP contribution in [0.15, 0.2) is 39.9 Å². The maximum atomic E-state index is 14.2. The van der Waals surface area contributed by atoms with Gasteiger partial charge in [-0.1, -0.05) is 63.8 Å². The van der Waals surface area contributed by atoms with Gasteiger partial charge in [-0.2, -0.15) is 0 Å². The predicted octanol–water partition coefficient (Wildman–Crippen LogP) is 5.89. The quantitative estimate of drug-likeness (QED) is 0.336. The van der Waals surface area contributed by atoms with Crippen molar-refractivity contribution in [3.63, 3.8) is 0 Å². The molecule has 0 radical (unpaired) electrons. The number of hydrogen-bond acceptors (Lipinski definition) is 5. The first-order chi connectivity index (χ1) is 17.1. The molecule has 4 atom stereocenters. The van der Waals surface area contributed by atoms with Gasteiger partial charge in [-0.05, 0) is 48.7 Å². The maximum absolute atomic E-state index is 14.2. The molecule has 3 aliphatic heterocycles. The normalized spacial score (nSPS) is 29.7. The molecular weight excluding hydrogens is 492 g/mol. The Hall–Kier alpha value is -1.83. The Balaban J connectivity index is 1.78. The van der Waals surface area contributed by atoms with Gasteiger partial charge < -0.3 is 10.2 Å². The zero-order chi connectivity index (χ0) is 26.3. The number of nitrogens with zero attached hydrogens (tertiary/aromatic N) is 3. The van der Waals surface area contributed by atoms with E-state index in [0.29, 0.717) is 11.6 Å². The Kier molecular flexibility index (Phi) is 7.94. The van der Waals surface area contributed by atoms with E-state index in [9.17, 15) is 9.59 Å². The number of rotatable bonds is 8. The van der Waals surface area contributed by atoms with Crippen molar-refractivity contribution in [2.45, 2.75) is 83.8 Å². The van der Waals surface area contributed by atoms with Gasteiger partial charge in [0.2, 0.25) is 0 Å². The second-order valence-electron chi connectivity index (χ2n) is 11.1. The highest BCUT2D eigenvalue weighted by Gasteiger charge is 2.56. The summed E-state index contributed by atoms with van der Waals surface area (Å²) in [6, 6.07) is 7.73. The van der Waals surface area contributed by atoms with E-state index in [2.05, 4.69) is 50.0 Å². The number of aliphatic imine (C=N–C) groups is 1. The molecule has 0 spiro atoms. The Morgan fingerprint density at radius 1 is 1.28 bits per heavy atom. The highest BCUT2D eigenvalue weighted by molar-refractivity contribution is 8.18. The molecule has 0 bridgehead atoms. The van der Waals surface area contributed by atoms with Gasteiger partial charge in [-0.15, -0.1) is 0 Å². The van der Waals surface area contributed by atoms with Crippen LogP contribution < -0.4 is 5.32 Å². The molecule has 1 aromatic rings. The van der Waals surface area contributed by atoms with Gasteiger partial charge in [-0.3, -0.25) is 9.79 Å². The average molecular weight is 532 g/mol. The number of nitrogens with one attached hydrogen (secondary N) is 1. The molecule has 2 amide bonds. The summed E-state index contributed by atoms with van der Waals surface area (Å²) in [6.45, 7) is 9.45. The van der Waals surface area contributed by atoms with Gasteiger partial charge in [-0.25, -0.2) is 9.28 Å². The number of thioether (sulfide) groups is 1. The number of amidine groups is 1. The largest absolute Gasteiger partial charge is 0.354 e. The number of amides is 2. The number of fused-ring (bicyclic) bond motifs is 1. The smallest absolute Gasteiger partial charge is 0.354 e. The summed E-state index contributed by atoms with van der Waals surface area (Å²) in [5.74, 6) is 0.109. The van der Waals surface area contributed by atoms with Crippen molar-refractivity contribution in [2.24, 2.45) is 10.9 Å². The van der Waals surface area contributed by atoms with E-state index in [1.807, 2.05) is 19.2 Å². The number of halogens is 1. The molecule has 1 fully saturated rings. The van der Waals surface area contributed by atoms with Crippen LogP contribution in [0.1, 0.15) is 77.8 Å². The van der Waals surface area contributed by atoms with E-state index in [1.165, 1.54) is 18.2 Å². The number of carbonyl (C=O) groups excluding carboxylic acids is 2. The third-order valence-corrected chi connectivity index (χ3v) is 9.41. The number of allylic oxidation sites excluding steroid dienone is 1. The fourth-order valence-electron chi connectivity index (χ4n) is 6.15. The SMILES string of the molecule is CCCCC[C@@]1(C)N=C2SC(C(=O)[N+]3(C)CCC[C@H]3C(=O)NC)=C(C(C)C)N2[C@@H]1c1ccc(Cl)cc1. The summed E-state index contributed by atoms with van der Waals surface area (Å²) >= 11 is 7.76. The van der Waals surface area contributed by atoms with E-state index in [4.69, 9.17) is 16.6 Å². The molecule has 36 heavy (non-hydrogen) atoms. The number of likely N-dealkylation sites (N-methyl/N-ethyl adjacent to an activating group) is 2. The molecule has 196 valence electrons. The van der Waals surface area contributed by atoms with Crippen LogP contribution in [0.4, 0.5) is 0 Å². The lowest BCUT2D eigenvalue weighted by molar-refractivity contribution is -0.835. The Morgan fingerprint density at radius 3 is 2.58 bits per heavy atom. The lowest BCUT2D eigenvalue weighted by atomic mass is 9.82. The van der Waals surface area contributed by atoms with Crippen LogP contribution in [0.5, 0.6) is 0 Å². The Morgan fingerprint density at radius 2 is 1.97 bits per heavy atom. The van der Waals surface area contributed by atoms with Crippen molar-refractivity contribution in [2.75, 3.05) is 20.6 Å². The summed E-state index contributed by atoms with van der Waals surface area (Å²) < 4.78 is 0.124. The molecular formula is C28H40ClN4O2S+. The minimum absolute atomic E-state index is 0.00422. The third-order valence-electron chi connectivity index (χ3n) is 8.10. The number of carbonyl (C=O) groups is 2. The van der Waals surface area contributed by atoms with Crippen LogP contribution in [-0.2, 0) is 9.59 Å². The van der Waals surface area contributed by atoms with E-state index >= 15 is 0 Å². The average Bonchev–Trinajstić information content (AvgIpc) is 3.48. The number of likely N-dealkylation sites (tertiary alicyclic amines) is 1. The molecule has 4 rings (SSSR count). The zero-order valence-electron chi connectivity index (χ0n) is 22.4. The molecule has 8 heteroatoms. The maximum Gasteiger partial charge on any atom is 0.354 e. The topological polar surface area (TPSA) is 61.8 Å². The molecule has 0 saturated carbocycles. The predicted molar refractivity (Wildman–Crippen MR) is 149 cm³/mol. The third kappa shape index (κ3) is 4.63. The van der Waals surface area contributed by atoms with Gasteiger partial charge >= 0.3 is 5.91 Å². The molecule has 1 saturated heterocycles. The van der Waals surface area contributed by atoms with Gasteiger partial charge in [0.05, 0.1) is 25.2 Å². The Labute approximate surface area is 225 Å². The van der Waals surface area contributed by atoms with Crippen LogP contribution in [0, 0.1) is 5.92 Å². The molecule has 1 unspecified atom stereocenters. The first kappa shape index (κ1) is 27.2. The van der Waals surface area contributed by atoms with Gasteiger partial charge in [0.1, 0.15) is 4.91 Å². The number of unbranched alkanes of at least 4 members (excludes halogenated alkanes) is 2. The van der Waals surface area contributed by atoms with Crippen LogP contribution in [0.2, 0.25) is 5.02 Å². The molecule has 1 aromatic carbocycles. The highest BCUT2D eigenvalue weighted by Crippen LogP contribution is 2.54. The fraction of sp³-hybridized carbons (Fsp3) is 0.607. The van der Waals surface area contributed by atoms with Crippen LogP contribution in [0.25, 0.3) is 0 Å². The minimum atomic E-state index is -0.354. The number of benzene rings is 1. The first-order valence-electron chi connectivity index (χ1n) is 13.3. The van der Waals surface area contributed by atoms with Gasteiger partial charge in [0.25, 0.3) is 5.91 Å². The van der Waals surface area contributed by atoms with Crippen molar-refractivity contribution in [3.8, 4) is 0 Å². The highest BCUT2D eigenvalue weighted by atomic mass is 35.5. The van der Waals surface area contributed by atoms with Crippen LogP contribution in [-0.4, -0.2) is 58.6 Å². The number of hydrogen-bond donors (Lipinski definition) is 1. The lowest BCUT2D eigenvalue weighted by Gasteiger charge is -2.37. The van der Waals surface area contributed by atoms with Crippen LogP contribution in [0.3, 0.4) is 0 Å². The van der Waals surface area contributed by atoms with E-state index in [1.54, 1.807) is 7.05 Å². The van der Waals surface area contributed by atoms with Gasteiger partial charge in [0, 0.05) is 30.6 Å². The second-order valence-corrected chi connectivity index (χ2v) is 12.5. The van der Waals surface area contributed by atoms with Crippen molar-refractivity contribution >= 4 is 40.3 Å². The molecule has 3 aliphatic rings. The standard InChI is InChI=1S/C28H39ClN4O2S/c1-7-8-9-16-28(4)24(19-12-14-20(29)15-13-19)32-22(18(2)3)23(36-27(32)31-28)26(35)33(6)17-10-11-21(33)25(34)30-5/h12-15,18,21,24H,7-11,16-17H2,1-6H3/p+1/t21-,24+,28+,33?/m0/s1. The van der Waals surface area contributed by atoms with Crippen molar-refractivity contribution in [1.82, 2.24) is 10.2 Å². The zero-order valence-corrected chi connectivity index (χ0v) is 24.0. The van der Waals surface area contributed by atoms with Crippen LogP contribution >= 0.6 is 23.4 Å². The van der Waals surface area contributed by atoms with Gasteiger partial charge in [0.15, 0.2) is 11.2 Å². The summed E-state index contributed by atoms with van der Waals surface area (Å²) in [7, 11) is 3.58. The molecule has 0 aromatic heterocycles. The molecule has 6 nitrogen and oxygen atoms in total. The van der Waals surface area contributed by atoms with Crippen molar-refractivity contribution in [3.05, 3.63) is 45.5 Å². The summed E-state index contributed by atoms with van der Waals surface area (Å²) in [5.41, 5.74) is 1.90. The monoisotopic (exact) mass is 531 g/mol. The van der Waals surface area contributed by atoms with E-state index in [-0.39, 0.29) is 39.8 Å². The molecule has 0 aliphatic carbocycles. The number of quaternary nitrogens is 1. The molecule has 3 heterocycles. The minimum Gasteiger partial charge on any atom is -0.354 e. The summed E-state index contributed by atoms with van der Waals surface area (Å²) in [6.07, 6.45) is 6.02. The van der Waals surface area contributed by atoms with Crippen molar-refractivity contribution in [1.29, 1.82) is 0 Å². The second kappa shape index (κ2) is 10.5. The fourth-order valence-corrected chi connectivity index (χ4v) is 7.75. The van der Waals surface area contributed by atoms with E-state index in [0.717, 1.165) is 53.4 Å². The lowest BCUT2D eigenvalue weighted by Crippen LogP contribution is -2.58. The summed E-state index contributed by atoms with van der Waals surface area (Å²) in [5, 5.41) is 4.39. The first-order valence-corrected chi connectivity index (χ1v) is 14.4. The molecule has 1 N–H and O–H groups in total.